The van der Waals surface area contributed by atoms with Crippen molar-refractivity contribution in [3.8, 4) is 5.75 Å². The maximum atomic E-state index is 12.6. The second-order valence-corrected chi connectivity index (χ2v) is 8.92. The Kier molecular flexibility index (Phi) is 8.28. The van der Waals surface area contributed by atoms with E-state index in [9.17, 15) is 9.59 Å². The fourth-order valence-electron chi connectivity index (χ4n) is 3.82. The van der Waals surface area contributed by atoms with Crippen LogP contribution in [0.3, 0.4) is 0 Å². The van der Waals surface area contributed by atoms with Gasteiger partial charge < -0.3 is 10.1 Å². The third kappa shape index (κ3) is 6.85. The summed E-state index contributed by atoms with van der Waals surface area (Å²) in [6.45, 7) is 2.90. The van der Waals surface area contributed by atoms with Crippen molar-refractivity contribution in [3.63, 3.8) is 0 Å². The Morgan fingerprint density at radius 1 is 1.20 bits per heavy atom. The van der Waals surface area contributed by atoms with E-state index in [0.717, 1.165) is 43.4 Å². The first-order chi connectivity index (χ1) is 14.5. The third-order valence-corrected chi connectivity index (χ3v) is 6.43. The van der Waals surface area contributed by atoms with E-state index in [1.165, 1.54) is 4.88 Å². The van der Waals surface area contributed by atoms with Gasteiger partial charge in [-0.15, -0.1) is 11.3 Å². The highest BCUT2D eigenvalue weighted by molar-refractivity contribution is 7.09. The summed E-state index contributed by atoms with van der Waals surface area (Å²) in [4.78, 5) is 28.2. The molecule has 1 fully saturated rings. The Bertz CT molecular complexity index is 802. The molecule has 30 heavy (non-hydrogen) atoms. The number of ether oxygens (including phenoxy) is 1. The Labute approximate surface area is 182 Å². The van der Waals surface area contributed by atoms with Crippen LogP contribution in [0, 0.1) is 0 Å². The highest BCUT2D eigenvalue weighted by atomic mass is 32.1. The molecule has 1 aromatic carbocycles. The maximum absolute atomic E-state index is 12.6. The Morgan fingerprint density at radius 2 is 1.93 bits per heavy atom. The van der Waals surface area contributed by atoms with Gasteiger partial charge in [-0.25, -0.2) is 4.79 Å². The summed E-state index contributed by atoms with van der Waals surface area (Å²) in [5.74, 6) is 0.523. The average molecular weight is 430 g/mol. The van der Waals surface area contributed by atoms with Gasteiger partial charge in [-0.3, -0.25) is 15.0 Å². The molecule has 1 heterocycles. The second-order valence-electron chi connectivity index (χ2n) is 7.89. The third-order valence-electron chi connectivity index (χ3n) is 5.53. The van der Waals surface area contributed by atoms with Crippen LogP contribution in [0.2, 0.25) is 0 Å². The van der Waals surface area contributed by atoms with Crippen LogP contribution in [-0.2, 0) is 17.8 Å². The Morgan fingerprint density at radius 3 is 2.57 bits per heavy atom. The monoisotopic (exact) mass is 429 g/mol. The highest BCUT2D eigenvalue weighted by Crippen LogP contribution is 2.19. The van der Waals surface area contributed by atoms with E-state index in [1.54, 1.807) is 18.4 Å². The zero-order valence-electron chi connectivity index (χ0n) is 17.7. The second kappa shape index (κ2) is 11.1. The molecule has 2 aromatic rings. The largest absolute Gasteiger partial charge is 0.497 e. The van der Waals surface area contributed by atoms with E-state index in [4.69, 9.17) is 4.74 Å². The van der Waals surface area contributed by atoms with E-state index in [0.29, 0.717) is 6.54 Å². The van der Waals surface area contributed by atoms with Gasteiger partial charge in [-0.2, -0.15) is 0 Å². The fraction of sp³-hybridized carbons (Fsp3) is 0.478. The molecule has 1 aliphatic carbocycles. The smallest absolute Gasteiger partial charge is 0.321 e. The van der Waals surface area contributed by atoms with Crippen molar-refractivity contribution in [2.45, 2.75) is 57.7 Å². The van der Waals surface area contributed by atoms with E-state index in [2.05, 4.69) is 33.9 Å². The molecule has 0 saturated heterocycles. The molecular formula is C23H31N3O3S. The summed E-state index contributed by atoms with van der Waals surface area (Å²) in [5, 5.41) is 7.48. The number of amides is 3. The lowest BCUT2D eigenvalue weighted by Crippen LogP contribution is -2.48. The number of rotatable bonds is 9. The molecule has 1 unspecified atom stereocenters. The summed E-state index contributed by atoms with van der Waals surface area (Å²) in [7, 11) is 1.64. The molecule has 2 N–H and O–H groups in total. The van der Waals surface area contributed by atoms with Crippen molar-refractivity contribution in [2.75, 3.05) is 13.7 Å². The van der Waals surface area contributed by atoms with Gasteiger partial charge in [0, 0.05) is 23.5 Å². The highest BCUT2D eigenvalue weighted by Gasteiger charge is 2.22. The van der Waals surface area contributed by atoms with Crippen LogP contribution in [-0.4, -0.2) is 42.6 Å². The SMILES string of the molecule is COc1ccc(CN(CC(=O)NC(=O)NC2CCCC2)C(C)Cc2cccs2)cc1. The van der Waals surface area contributed by atoms with Gasteiger partial charge >= 0.3 is 6.03 Å². The molecule has 3 amide bonds. The van der Waals surface area contributed by atoms with E-state index >= 15 is 0 Å². The maximum Gasteiger partial charge on any atom is 0.321 e. The minimum absolute atomic E-state index is 0.148. The van der Waals surface area contributed by atoms with Crippen molar-refractivity contribution in [1.82, 2.24) is 15.5 Å². The molecule has 6 nitrogen and oxygen atoms in total. The first-order valence-electron chi connectivity index (χ1n) is 10.5. The number of carbonyl (C=O) groups excluding carboxylic acids is 2. The molecule has 7 heteroatoms. The number of hydrogen-bond donors (Lipinski definition) is 2. The summed E-state index contributed by atoms with van der Waals surface area (Å²) in [6, 6.07) is 12.0. The van der Waals surface area contributed by atoms with Gasteiger partial charge in [0.15, 0.2) is 0 Å². The van der Waals surface area contributed by atoms with Crippen LogP contribution in [0.5, 0.6) is 5.75 Å². The molecule has 1 saturated carbocycles. The van der Waals surface area contributed by atoms with Gasteiger partial charge in [0.05, 0.1) is 13.7 Å². The van der Waals surface area contributed by atoms with Crippen LogP contribution in [0.25, 0.3) is 0 Å². The molecule has 1 aromatic heterocycles. The predicted molar refractivity (Wildman–Crippen MR) is 120 cm³/mol. The van der Waals surface area contributed by atoms with Gasteiger partial charge in [-0.05, 0) is 55.3 Å². The van der Waals surface area contributed by atoms with Crippen molar-refractivity contribution in [3.05, 3.63) is 52.2 Å². The Balaban J connectivity index is 1.61. The van der Waals surface area contributed by atoms with Crippen molar-refractivity contribution in [1.29, 1.82) is 0 Å². The number of methoxy groups -OCH3 is 1. The standard InChI is InChI=1S/C23H31N3O3S/c1-17(14-21-8-5-13-30-21)26(15-18-9-11-20(29-2)12-10-18)16-22(27)25-23(28)24-19-6-3-4-7-19/h5,8-13,17,19H,3-4,6-7,14-16H2,1-2H3,(H2,24,25,27,28). The first-order valence-corrected chi connectivity index (χ1v) is 11.4. The lowest BCUT2D eigenvalue weighted by molar-refractivity contribution is -0.121. The van der Waals surface area contributed by atoms with Crippen molar-refractivity contribution in [2.24, 2.45) is 0 Å². The van der Waals surface area contributed by atoms with E-state index in [1.807, 2.05) is 30.3 Å². The number of imide groups is 1. The zero-order chi connectivity index (χ0) is 21.3. The number of hydrogen-bond acceptors (Lipinski definition) is 5. The molecule has 0 radical (unpaired) electrons. The number of nitrogens with one attached hydrogen (secondary N) is 2. The fourth-order valence-corrected chi connectivity index (χ4v) is 4.65. The lowest BCUT2D eigenvalue weighted by Gasteiger charge is -2.28. The molecule has 0 aliphatic heterocycles. The quantitative estimate of drug-likeness (QED) is 0.633. The number of benzene rings is 1. The number of urea groups is 1. The molecule has 1 atom stereocenters. The van der Waals surface area contributed by atoms with Crippen LogP contribution >= 0.6 is 11.3 Å². The zero-order valence-corrected chi connectivity index (χ0v) is 18.5. The van der Waals surface area contributed by atoms with Gasteiger partial charge in [0.2, 0.25) is 5.91 Å². The van der Waals surface area contributed by atoms with E-state index in [-0.39, 0.29) is 30.6 Å². The summed E-state index contributed by atoms with van der Waals surface area (Å²) in [5.41, 5.74) is 1.09. The topological polar surface area (TPSA) is 70.7 Å². The lowest BCUT2D eigenvalue weighted by atomic mass is 10.1. The average Bonchev–Trinajstić information content (AvgIpc) is 3.42. The predicted octanol–water partition coefficient (Wildman–Crippen LogP) is 3.96. The van der Waals surface area contributed by atoms with Crippen molar-refractivity contribution >= 4 is 23.3 Å². The number of thiophene rings is 1. The van der Waals surface area contributed by atoms with Gasteiger partial charge in [0.1, 0.15) is 5.75 Å². The first kappa shape index (κ1) is 22.3. The van der Waals surface area contributed by atoms with Gasteiger partial charge in [0.25, 0.3) is 0 Å². The Hall–Kier alpha value is -2.38. The summed E-state index contributed by atoms with van der Waals surface area (Å²) >= 11 is 1.72. The van der Waals surface area contributed by atoms with Crippen molar-refractivity contribution < 1.29 is 14.3 Å². The van der Waals surface area contributed by atoms with Crippen LogP contribution in [0.15, 0.2) is 41.8 Å². The molecule has 3 rings (SSSR count). The number of nitrogens with zero attached hydrogens (tertiary/aromatic N) is 1. The minimum Gasteiger partial charge on any atom is -0.497 e. The molecule has 1 aliphatic rings. The molecule has 0 bridgehead atoms. The van der Waals surface area contributed by atoms with Crippen LogP contribution in [0.4, 0.5) is 4.79 Å². The van der Waals surface area contributed by atoms with Gasteiger partial charge in [-0.1, -0.05) is 31.0 Å². The van der Waals surface area contributed by atoms with Crippen LogP contribution < -0.4 is 15.4 Å². The van der Waals surface area contributed by atoms with E-state index < -0.39 is 0 Å². The molecule has 162 valence electrons. The molecule has 0 spiro atoms. The normalized spacial score (nSPS) is 15.2. The molecular weight excluding hydrogens is 398 g/mol. The summed E-state index contributed by atoms with van der Waals surface area (Å²) in [6.07, 6.45) is 5.10. The summed E-state index contributed by atoms with van der Waals surface area (Å²) < 4.78 is 5.23. The number of carbonyl (C=O) groups is 2. The minimum atomic E-state index is -0.387. The van der Waals surface area contributed by atoms with Crippen LogP contribution in [0.1, 0.15) is 43.0 Å².